The van der Waals surface area contributed by atoms with Gasteiger partial charge < -0.3 is 0 Å². The number of nitrogens with zero attached hydrogens (tertiary/aromatic N) is 2. The van der Waals surface area contributed by atoms with Crippen molar-refractivity contribution in [2.75, 3.05) is 28.2 Å². The van der Waals surface area contributed by atoms with E-state index >= 15 is 0 Å². The van der Waals surface area contributed by atoms with Crippen LogP contribution >= 0.6 is 0 Å². The van der Waals surface area contributed by atoms with Gasteiger partial charge in [-0.1, -0.05) is 42.1 Å². The van der Waals surface area contributed by atoms with Gasteiger partial charge in [0.05, 0.1) is 5.79 Å². The van der Waals surface area contributed by atoms with Gasteiger partial charge in [-0.25, -0.2) is 0 Å². The Morgan fingerprint density at radius 2 is 1.81 bits per heavy atom. The summed E-state index contributed by atoms with van der Waals surface area (Å²) in [5.41, 5.74) is 1.20. The van der Waals surface area contributed by atoms with E-state index in [0.29, 0.717) is 5.79 Å². The molecule has 0 saturated heterocycles. The van der Waals surface area contributed by atoms with Gasteiger partial charge in [0.2, 0.25) is 0 Å². The molecular weight excluding hydrogens is 212 g/mol. The third-order valence-corrected chi connectivity index (χ3v) is 4.33. The zero-order valence-electron chi connectivity index (χ0n) is 10.6. The molecule has 0 aliphatic heterocycles. The molecule has 0 aromatic heterocycles. The third kappa shape index (κ3) is 3.59. The second-order valence-electron chi connectivity index (χ2n) is 4.27. The Kier molecular flexibility index (Phi) is 4.93. The molecule has 2 nitrogen and oxygen atoms in total. The highest BCUT2D eigenvalue weighted by Gasteiger charge is 2.15. The van der Waals surface area contributed by atoms with Crippen LogP contribution < -0.4 is 5.19 Å². The predicted octanol–water partition coefficient (Wildman–Crippen LogP) is 1.07. The summed E-state index contributed by atoms with van der Waals surface area (Å²) in [5.74, 6) is 0.458. The number of hydrogen-bond acceptors (Lipinski definition) is 2. The normalized spacial score (nSPS) is 11.4. The minimum atomic E-state index is 0.458. The first-order chi connectivity index (χ1) is 7.54. The molecule has 86 valence electrons. The molecule has 1 aromatic rings. The predicted molar refractivity (Wildman–Crippen MR) is 73.1 cm³/mol. The van der Waals surface area contributed by atoms with E-state index in [4.69, 9.17) is 0 Å². The lowest BCUT2D eigenvalue weighted by molar-refractivity contribution is 0.202. The molecule has 0 N–H and O–H groups in total. The van der Waals surface area contributed by atoms with Gasteiger partial charge in [0.1, 0.15) is 9.52 Å². The monoisotopic (exact) mass is 232 g/mol. The summed E-state index contributed by atoms with van der Waals surface area (Å²) in [6, 6.07) is 8.58. The summed E-state index contributed by atoms with van der Waals surface area (Å²) < 4.78 is 0. The Balaban J connectivity index is 2.80. The maximum Gasteiger partial charge on any atom is 0.123 e. The molecule has 0 aliphatic carbocycles. The quantitative estimate of drug-likeness (QED) is 0.553. The highest BCUT2D eigenvalue weighted by Crippen LogP contribution is 2.00. The topological polar surface area (TPSA) is 6.48 Å². The summed E-state index contributed by atoms with van der Waals surface area (Å²) in [5, 5.41) is 1.38. The molecule has 0 spiro atoms. The van der Waals surface area contributed by atoms with Gasteiger partial charge in [0.15, 0.2) is 0 Å². The van der Waals surface area contributed by atoms with Crippen molar-refractivity contribution in [3.05, 3.63) is 36.4 Å². The molecule has 1 rings (SSSR count). The van der Waals surface area contributed by atoms with Crippen LogP contribution in [0.4, 0.5) is 0 Å². The van der Waals surface area contributed by atoms with Gasteiger partial charge in [-0.15, -0.1) is 0 Å². The zero-order valence-corrected chi connectivity index (χ0v) is 11.6. The SMILES string of the molecule is C=Cc1cccc([Si]C(N(C)C)N(C)C)c1. The third-order valence-electron chi connectivity index (χ3n) is 2.40. The lowest BCUT2D eigenvalue weighted by atomic mass is 10.2. The fourth-order valence-electron chi connectivity index (χ4n) is 1.62. The van der Waals surface area contributed by atoms with Gasteiger partial charge in [-0.3, -0.25) is 9.80 Å². The van der Waals surface area contributed by atoms with Gasteiger partial charge in [0, 0.05) is 0 Å². The summed E-state index contributed by atoms with van der Waals surface area (Å²) in [4.78, 5) is 4.50. The fourth-order valence-corrected chi connectivity index (χ4v) is 2.88. The van der Waals surface area contributed by atoms with E-state index in [1.165, 1.54) is 10.8 Å². The van der Waals surface area contributed by atoms with E-state index in [9.17, 15) is 0 Å². The molecule has 0 saturated carbocycles. The van der Waals surface area contributed by atoms with E-state index < -0.39 is 0 Å². The van der Waals surface area contributed by atoms with E-state index in [1.807, 2.05) is 6.08 Å². The average molecular weight is 232 g/mol. The summed E-state index contributed by atoms with van der Waals surface area (Å²) in [7, 11) is 9.24. The largest absolute Gasteiger partial charge is 0.297 e. The number of rotatable bonds is 5. The Bertz CT molecular complexity index is 340. The molecule has 0 bridgehead atoms. The summed E-state index contributed by atoms with van der Waals surface area (Å²) >= 11 is 0. The minimum Gasteiger partial charge on any atom is -0.297 e. The second-order valence-corrected chi connectivity index (χ2v) is 5.66. The van der Waals surface area contributed by atoms with Crippen LogP contribution in [0.5, 0.6) is 0 Å². The molecular formula is C13H20N2Si. The Morgan fingerprint density at radius 3 is 2.31 bits per heavy atom. The number of hydrogen-bond donors (Lipinski definition) is 0. The van der Waals surface area contributed by atoms with Crippen molar-refractivity contribution in [2.24, 2.45) is 0 Å². The summed E-state index contributed by atoms with van der Waals surface area (Å²) in [6.07, 6.45) is 1.90. The molecule has 0 unspecified atom stereocenters. The van der Waals surface area contributed by atoms with Crippen molar-refractivity contribution in [1.82, 2.24) is 9.80 Å². The van der Waals surface area contributed by atoms with Crippen LogP contribution in [0.2, 0.25) is 0 Å². The van der Waals surface area contributed by atoms with E-state index in [0.717, 1.165) is 9.52 Å². The highest BCUT2D eigenvalue weighted by atomic mass is 28.2. The van der Waals surface area contributed by atoms with Crippen molar-refractivity contribution < 1.29 is 0 Å². The zero-order chi connectivity index (χ0) is 12.1. The van der Waals surface area contributed by atoms with E-state index in [-0.39, 0.29) is 0 Å². The van der Waals surface area contributed by atoms with Crippen LogP contribution in [0.3, 0.4) is 0 Å². The van der Waals surface area contributed by atoms with Crippen molar-refractivity contribution in [2.45, 2.75) is 5.79 Å². The van der Waals surface area contributed by atoms with Crippen LogP contribution in [-0.2, 0) is 0 Å². The number of benzene rings is 1. The average Bonchev–Trinajstić information content (AvgIpc) is 2.25. The minimum absolute atomic E-state index is 0.458. The van der Waals surface area contributed by atoms with Gasteiger partial charge in [-0.05, 0) is 33.8 Å². The Labute approximate surface area is 101 Å². The molecule has 1 aromatic carbocycles. The maximum atomic E-state index is 3.80. The molecule has 16 heavy (non-hydrogen) atoms. The van der Waals surface area contributed by atoms with E-state index in [2.05, 4.69) is 68.8 Å². The van der Waals surface area contributed by atoms with Gasteiger partial charge >= 0.3 is 0 Å². The molecule has 2 radical (unpaired) electrons. The standard InChI is InChI=1S/C13H20N2Si/c1-6-11-8-7-9-12(10-11)16-13(14(2)3)15(4)5/h6-10,13H,1H2,2-5H3. The first-order valence-corrected chi connectivity index (χ1v) is 6.44. The van der Waals surface area contributed by atoms with Crippen molar-refractivity contribution in [3.63, 3.8) is 0 Å². The van der Waals surface area contributed by atoms with E-state index in [1.54, 1.807) is 0 Å². The molecule has 3 heteroatoms. The molecule has 0 fully saturated rings. The van der Waals surface area contributed by atoms with Gasteiger partial charge in [-0.2, -0.15) is 0 Å². The van der Waals surface area contributed by atoms with Crippen molar-refractivity contribution >= 4 is 20.8 Å². The lowest BCUT2D eigenvalue weighted by Crippen LogP contribution is -2.48. The van der Waals surface area contributed by atoms with Crippen molar-refractivity contribution in [1.29, 1.82) is 0 Å². The molecule has 0 heterocycles. The fraction of sp³-hybridized carbons (Fsp3) is 0.385. The highest BCUT2D eigenvalue weighted by molar-refractivity contribution is 6.54. The lowest BCUT2D eigenvalue weighted by Gasteiger charge is -2.30. The molecule has 0 amide bonds. The second kappa shape index (κ2) is 5.99. The van der Waals surface area contributed by atoms with Crippen LogP contribution in [0, 0.1) is 0 Å². The smallest absolute Gasteiger partial charge is 0.123 e. The van der Waals surface area contributed by atoms with Crippen LogP contribution in [-0.4, -0.2) is 53.3 Å². The van der Waals surface area contributed by atoms with Crippen LogP contribution in [0.25, 0.3) is 6.08 Å². The Hall–Kier alpha value is -0.903. The maximum absolute atomic E-state index is 3.80. The first-order valence-electron chi connectivity index (χ1n) is 5.36. The molecule has 0 aliphatic rings. The molecule has 0 atom stereocenters. The van der Waals surface area contributed by atoms with Crippen LogP contribution in [0.15, 0.2) is 30.8 Å². The van der Waals surface area contributed by atoms with Crippen LogP contribution in [0.1, 0.15) is 5.56 Å². The first kappa shape index (κ1) is 13.2. The summed E-state index contributed by atoms with van der Waals surface area (Å²) in [6.45, 7) is 3.80. The van der Waals surface area contributed by atoms with Crippen molar-refractivity contribution in [3.8, 4) is 0 Å². The van der Waals surface area contributed by atoms with Gasteiger partial charge in [0.25, 0.3) is 0 Å². The Morgan fingerprint density at radius 1 is 1.19 bits per heavy atom.